The van der Waals surface area contributed by atoms with Gasteiger partial charge in [0.25, 0.3) is 0 Å². The average Bonchev–Trinajstić information content (AvgIpc) is 3.12. The number of anilines is 2. The summed E-state index contributed by atoms with van der Waals surface area (Å²) in [4.78, 5) is 18.6. The zero-order valence-electron chi connectivity index (χ0n) is 20.9. The Labute approximate surface area is 196 Å². The van der Waals surface area contributed by atoms with Gasteiger partial charge in [0.15, 0.2) is 17.0 Å². The van der Waals surface area contributed by atoms with Gasteiger partial charge < -0.3 is 19.9 Å². The molecular weight excluding hydrogens is 414 g/mol. The van der Waals surface area contributed by atoms with E-state index < -0.39 is 6.10 Å². The Balaban J connectivity index is 1.55. The van der Waals surface area contributed by atoms with Gasteiger partial charge in [0.05, 0.1) is 6.10 Å². The molecule has 2 atom stereocenters. The van der Waals surface area contributed by atoms with Crippen LogP contribution >= 0.6 is 0 Å². The summed E-state index contributed by atoms with van der Waals surface area (Å²) < 4.78 is 2.03. The predicted molar refractivity (Wildman–Crippen MR) is 134 cm³/mol. The summed E-state index contributed by atoms with van der Waals surface area (Å²) in [5.41, 5.74) is 5.38. The molecule has 3 aromatic rings. The highest BCUT2D eigenvalue weighted by molar-refractivity contribution is 5.83. The van der Waals surface area contributed by atoms with Gasteiger partial charge in [0.1, 0.15) is 18.3 Å². The molecule has 1 saturated heterocycles. The first-order chi connectivity index (χ1) is 15.6. The predicted octanol–water partition coefficient (Wildman–Crippen LogP) is 3.22. The van der Waals surface area contributed by atoms with E-state index in [0.29, 0.717) is 5.82 Å². The van der Waals surface area contributed by atoms with E-state index in [0.717, 1.165) is 43.2 Å². The first-order valence-electron chi connectivity index (χ1n) is 11.8. The highest BCUT2D eigenvalue weighted by Crippen LogP contribution is 2.28. The van der Waals surface area contributed by atoms with Crippen molar-refractivity contribution >= 4 is 22.7 Å². The normalized spacial score (nSPS) is 17.4. The second-order valence-corrected chi connectivity index (χ2v) is 10.2. The average molecular weight is 452 g/mol. The van der Waals surface area contributed by atoms with Gasteiger partial charge in [-0.3, -0.25) is 4.90 Å². The number of hydrogen-bond acceptors (Lipinski definition) is 7. The molecule has 0 amide bonds. The van der Waals surface area contributed by atoms with E-state index in [1.54, 1.807) is 6.33 Å². The van der Waals surface area contributed by atoms with Gasteiger partial charge in [0.2, 0.25) is 0 Å². The summed E-state index contributed by atoms with van der Waals surface area (Å²) in [5.74, 6) is 1.62. The molecule has 0 bridgehead atoms. The minimum atomic E-state index is -0.576. The molecule has 2 unspecified atom stereocenters. The Morgan fingerprint density at radius 3 is 2.39 bits per heavy atom. The molecule has 0 saturated carbocycles. The second kappa shape index (κ2) is 8.91. The zero-order chi connectivity index (χ0) is 23.9. The fourth-order valence-corrected chi connectivity index (χ4v) is 4.75. The van der Waals surface area contributed by atoms with Crippen molar-refractivity contribution in [1.82, 2.24) is 24.4 Å². The molecule has 2 N–H and O–H groups in total. The monoisotopic (exact) mass is 451 g/mol. The standard InChI is InChI=1S/C25H37N7O/c1-16-9-8-10-19(17(16)2)31-11-13-32(14-12-31)22(18(3)33)29-21-20-23(27-15-26-21)30(7)24(28-20)25(4,5)6/h8-10,15,18,22,33H,11-14H2,1-7H3,(H,26,27,29). The minimum Gasteiger partial charge on any atom is -0.390 e. The number of imidazole rings is 1. The number of aryl methyl sites for hydroxylation is 2. The number of nitrogens with one attached hydrogen (secondary N) is 1. The van der Waals surface area contributed by atoms with Crippen molar-refractivity contribution in [3.63, 3.8) is 0 Å². The lowest BCUT2D eigenvalue weighted by atomic mass is 9.96. The molecule has 0 radical (unpaired) electrons. The van der Waals surface area contributed by atoms with Crippen molar-refractivity contribution in [2.75, 3.05) is 36.4 Å². The topological polar surface area (TPSA) is 82.3 Å². The molecule has 1 aromatic carbocycles. The summed E-state index contributed by atoms with van der Waals surface area (Å²) in [6.45, 7) is 16.1. The second-order valence-electron chi connectivity index (χ2n) is 10.2. The Morgan fingerprint density at radius 2 is 1.76 bits per heavy atom. The molecule has 1 aliphatic rings. The van der Waals surface area contributed by atoms with E-state index in [4.69, 9.17) is 4.98 Å². The fourth-order valence-electron chi connectivity index (χ4n) is 4.75. The molecule has 2 aromatic heterocycles. The van der Waals surface area contributed by atoms with Crippen molar-refractivity contribution < 1.29 is 5.11 Å². The maximum atomic E-state index is 10.7. The molecule has 178 valence electrons. The SMILES string of the molecule is Cc1cccc(N2CCN(C(Nc3ncnc4c3nc(C(C)(C)C)n4C)C(C)O)CC2)c1C. The van der Waals surface area contributed by atoms with E-state index in [-0.39, 0.29) is 11.6 Å². The number of aliphatic hydroxyl groups is 1. The van der Waals surface area contributed by atoms with Crippen LogP contribution in [0.3, 0.4) is 0 Å². The molecule has 3 heterocycles. The van der Waals surface area contributed by atoms with Gasteiger partial charge in [-0.25, -0.2) is 15.0 Å². The van der Waals surface area contributed by atoms with Gasteiger partial charge in [-0.15, -0.1) is 0 Å². The highest BCUT2D eigenvalue weighted by Gasteiger charge is 2.30. The lowest BCUT2D eigenvalue weighted by molar-refractivity contribution is 0.0720. The first kappa shape index (κ1) is 23.4. The quantitative estimate of drug-likeness (QED) is 0.616. The Morgan fingerprint density at radius 1 is 1.06 bits per heavy atom. The van der Waals surface area contributed by atoms with Crippen molar-refractivity contribution in [1.29, 1.82) is 0 Å². The number of rotatable bonds is 5. The molecular formula is C25H37N7O. The van der Waals surface area contributed by atoms with Gasteiger partial charge >= 0.3 is 0 Å². The van der Waals surface area contributed by atoms with E-state index >= 15 is 0 Å². The van der Waals surface area contributed by atoms with Crippen LogP contribution in [0.1, 0.15) is 44.6 Å². The molecule has 1 aliphatic heterocycles. The Hall–Kier alpha value is -2.71. The van der Waals surface area contributed by atoms with Crippen molar-refractivity contribution in [3.05, 3.63) is 41.5 Å². The van der Waals surface area contributed by atoms with Crippen LogP contribution < -0.4 is 10.2 Å². The molecule has 1 fully saturated rings. The van der Waals surface area contributed by atoms with Gasteiger partial charge in [-0.1, -0.05) is 32.9 Å². The van der Waals surface area contributed by atoms with Crippen molar-refractivity contribution in [3.8, 4) is 0 Å². The van der Waals surface area contributed by atoms with E-state index in [2.05, 4.69) is 77.9 Å². The molecule has 0 spiro atoms. The third-order valence-corrected chi connectivity index (χ3v) is 6.69. The summed E-state index contributed by atoms with van der Waals surface area (Å²) in [6, 6.07) is 6.49. The van der Waals surface area contributed by atoms with Gasteiger partial charge in [-0.05, 0) is 38.0 Å². The largest absolute Gasteiger partial charge is 0.390 e. The maximum absolute atomic E-state index is 10.7. The van der Waals surface area contributed by atoms with Crippen molar-refractivity contribution in [2.45, 2.75) is 59.2 Å². The molecule has 8 heteroatoms. The minimum absolute atomic E-state index is 0.110. The summed E-state index contributed by atoms with van der Waals surface area (Å²) in [5, 5.41) is 14.2. The highest BCUT2D eigenvalue weighted by atomic mass is 16.3. The Bertz CT molecular complexity index is 1120. The number of benzene rings is 1. The Kier molecular flexibility index (Phi) is 6.33. The van der Waals surface area contributed by atoms with E-state index in [9.17, 15) is 5.11 Å². The number of nitrogens with zero attached hydrogens (tertiary/aromatic N) is 6. The van der Waals surface area contributed by atoms with Crippen LogP contribution in [0.15, 0.2) is 24.5 Å². The first-order valence-corrected chi connectivity index (χ1v) is 11.8. The molecule has 8 nitrogen and oxygen atoms in total. The lowest BCUT2D eigenvalue weighted by Crippen LogP contribution is -2.56. The van der Waals surface area contributed by atoms with Crippen LogP contribution in [-0.2, 0) is 12.5 Å². The van der Waals surface area contributed by atoms with Crippen LogP contribution in [0.2, 0.25) is 0 Å². The zero-order valence-corrected chi connectivity index (χ0v) is 20.9. The van der Waals surface area contributed by atoms with E-state index in [1.165, 1.54) is 16.8 Å². The molecule has 4 rings (SSSR count). The number of aromatic nitrogens is 4. The third kappa shape index (κ3) is 4.54. The van der Waals surface area contributed by atoms with Crippen LogP contribution in [-0.4, -0.2) is 68.0 Å². The lowest BCUT2D eigenvalue weighted by Gasteiger charge is -2.42. The van der Waals surface area contributed by atoms with Crippen LogP contribution in [0.25, 0.3) is 11.2 Å². The summed E-state index contributed by atoms with van der Waals surface area (Å²) in [7, 11) is 1.99. The number of aliphatic hydroxyl groups excluding tert-OH is 1. The van der Waals surface area contributed by atoms with Gasteiger partial charge in [-0.2, -0.15) is 0 Å². The fraction of sp³-hybridized carbons (Fsp3) is 0.560. The number of fused-ring (bicyclic) bond motifs is 1. The van der Waals surface area contributed by atoms with Gasteiger partial charge in [0, 0.05) is 44.3 Å². The van der Waals surface area contributed by atoms with Crippen LogP contribution in [0, 0.1) is 13.8 Å². The van der Waals surface area contributed by atoms with Crippen LogP contribution in [0.4, 0.5) is 11.5 Å². The number of piperazine rings is 1. The summed E-state index contributed by atoms with van der Waals surface area (Å²) in [6.07, 6.45) is 0.730. The molecule has 0 aliphatic carbocycles. The smallest absolute Gasteiger partial charge is 0.165 e. The van der Waals surface area contributed by atoms with Crippen LogP contribution in [0.5, 0.6) is 0 Å². The summed E-state index contributed by atoms with van der Waals surface area (Å²) >= 11 is 0. The molecule has 33 heavy (non-hydrogen) atoms. The van der Waals surface area contributed by atoms with Crippen molar-refractivity contribution in [2.24, 2.45) is 7.05 Å². The third-order valence-electron chi connectivity index (χ3n) is 6.69. The van der Waals surface area contributed by atoms with E-state index in [1.807, 2.05) is 18.5 Å². The number of hydrogen-bond donors (Lipinski definition) is 2. The maximum Gasteiger partial charge on any atom is 0.165 e.